The van der Waals surface area contributed by atoms with Crippen LogP contribution in [0.1, 0.15) is 32.1 Å². The van der Waals surface area contributed by atoms with Crippen molar-refractivity contribution in [2.24, 2.45) is 0 Å². The van der Waals surface area contributed by atoms with E-state index in [2.05, 4.69) is 4.90 Å². The molecule has 0 bridgehead atoms. The summed E-state index contributed by atoms with van der Waals surface area (Å²) >= 11 is 0. The zero-order valence-electron chi connectivity index (χ0n) is 18.2. The van der Waals surface area contributed by atoms with Crippen molar-refractivity contribution < 1.29 is 18.1 Å². The molecule has 1 fully saturated rings. The first-order chi connectivity index (χ1) is 14.3. The Bertz CT molecular complexity index is 792. The Morgan fingerprint density at radius 2 is 1.77 bits per heavy atom. The molecule has 0 unspecified atom stereocenters. The highest BCUT2D eigenvalue weighted by Crippen LogP contribution is 2.32. The van der Waals surface area contributed by atoms with Crippen LogP contribution >= 0.6 is 0 Å². The van der Waals surface area contributed by atoms with Crippen molar-refractivity contribution in [3.05, 3.63) is 28.3 Å². The van der Waals surface area contributed by atoms with Crippen molar-refractivity contribution in [1.29, 1.82) is 0 Å². The zero-order valence-corrected chi connectivity index (χ0v) is 19.1. The summed E-state index contributed by atoms with van der Waals surface area (Å²) in [5, 5.41) is 11.8. The van der Waals surface area contributed by atoms with Crippen LogP contribution in [0.25, 0.3) is 0 Å². The average molecular weight is 443 g/mol. The van der Waals surface area contributed by atoms with Crippen molar-refractivity contribution in [3.8, 4) is 0 Å². The van der Waals surface area contributed by atoms with Gasteiger partial charge in [0.05, 0.1) is 16.4 Å². The second kappa shape index (κ2) is 11.6. The summed E-state index contributed by atoms with van der Waals surface area (Å²) in [6.45, 7) is 3.29. The minimum absolute atomic E-state index is 0.0140. The van der Waals surface area contributed by atoms with Gasteiger partial charge in [-0.2, -0.15) is 4.31 Å². The largest absolute Gasteiger partial charge is 0.383 e. The number of ether oxygens (including phenoxy) is 1. The number of sulfonamides is 1. The Morgan fingerprint density at radius 1 is 1.10 bits per heavy atom. The van der Waals surface area contributed by atoms with Crippen LogP contribution in [0.3, 0.4) is 0 Å². The van der Waals surface area contributed by atoms with Gasteiger partial charge in [0.1, 0.15) is 5.69 Å². The Morgan fingerprint density at radius 3 is 2.33 bits per heavy atom. The van der Waals surface area contributed by atoms with Crippen molar-refractivity contribution >= 4 is 21.4 Å². The van der Waals surface area contributed by atoms with E-state index >= 15 is 0 Å². The van der Waals surface area contributed by atoms with Gasteiger partial charge in [0.2, 0.25) is 10.0 Å². The molecule has 1 aliphatic heterocycles. The lowest BCUT2D eigenvalue weighted by molar-refractivity contribution is -0.384. The van der Waals surface area contributed by atoms with E-state index in [0.29, 0.717) is 38.5 Å². The van der Waals surface area contributed by atoms with E-state index in [1.54, 1.807) is 13.2 Å². The molecule has 0 spiro atoms. The predicted molar refractivity (Wildman–Crippen MR) is 118 cm³/mol. The lowest BCUT2D eigenvalue weighted by atomic mass is 10.2. The molecule has 30 heavy (non-hydrogen) atoms. The van der Waals surface area contributed by atoms with Gasteiger partial charge in [0.25, 0.3) is 5.69 Å². The zero-order chi connectivity index (χ0) is 22.1. The van der Waals surface area contributed by atoms with E-state index in [9.17, 15) is 18.5 Å². The predicted octanol–water partition coefficient (Wildman–Crippen LogP) is 2.56. The molecule has 9 nitrogen and oxygen atoms in total. The highest BCUT2D eigenvalue weighted by molar-refractivity contribution is 7.89. The Kier molecular flexibility index (Phi) is 9.47. The first-order valence-electron chi connectivity index (χ1n) is 10.4. The first kappa shape index (κ1) is 24.5. The third kappa shape index (κ3) is 6.63. The van der Waals surface area contributed by atoms with E-state index in [0.717, 1.165) is 38.6 Å². The van der Waals surface area contributed by atoms with Crippen LogP contribution in [-0.2, 0) is 14.8 Å². The summed E-state index contributed by atoms with van der Waals surface area (Å²) in [5.41, 5.74) is 0.234. The van der Waals surface area contributed by atoms with Gasteiger partial charge < -0.3 is 14.5 Å². The van der Waals surface area contributed by atoms with Crippen LogP contribution in [-0.4, -0.2) is 83.1 Å². The Labute approximate surface area is 179 Å². The van der Waals surface area contributed by atoms with Gasteiger partial charge in [0, 0.05) is 39.4 Å². The number of nitrogens with zero attached hydrogens (tertiary/aromatic N) is 4. The number of nitro groups is 1. The molecule has 1 aromatic carbocycles. The van der Waals surface area contributed by atoms with Crippen LogP contribution in [0.5, 0.6) is 0 Å². The maximum absolute atomic E-state index is 13.1. The lowest BCUT2D eigenvalue weighted by Crippen LogP contribution is -2.32. The van der Waals surface area contributed by atoms with Crippen LogP contribution in [0.2, 0.25) is 0 Å². The molecule has 1 saturated heterocycles. The molecule has 170 valence electrons. The Balaban J connectivity index is 2.34. The van der Waals surface area contributed by atoms with E-state index in [1.165, 1.54) is 16.4 Å². The van der Waals surface area contributed by atoms with Crippen molar-refractivity contribution in [3.63, 3.8) is 0 Å². The molecular weight excluding hydrogens is 408 g/mol. The molecule has 10 heteroatoms. The fourth-order valence-electron chi connectivity index (χ4n) is 3.64. The quantitative estimate of drug-likeness (QED) is 0.384. The fourth-order valence-corrected chi connectivity index (χ4v) is 5.18. The van der Waals surface area contributed by atoms with Crippen molar-refractivity contribution in [2.45, 2.75) is 37.0 Å². The van der Waals surface area contributed by atoms with Crippen LogP contribution in [0.4, 0.5) is 11.4 Å². The minimum atomic E-state index is -3.75. The highest BCUT2D eigenvalue weighted by atomic mass is 32.2. The summed E-state index contributed by atoms with van der Waals surface area (Å²) in [4.78, 5) is 15.3. The topological polar surface area (TPSA) is 96.2 Å². The second-order valence-corrected chi connectivity index (χ2v) is 9.80. The number of hydrogen-bond donors (Lipinski definition) is 0. The second-order valence-electron chi connectivity index (χ2n) is 7.86. The normalized spacial score (nSPS) is 15.9. The fraction of sp³-hybridized carbons (Fsp3) is 0.700. The maximum Gasteiger partial charge on any atom is 0.293 e. The van der Waals surface area contributed by atoms with Gasteiger partial charge in [-0.1, -0.05) is 12.8 Å². The molecule has 1 aliphatic rings. The van der Waals surface area contributed by atoms with Gasteiger partial charge in [0.15, 0.2) is 0 Å². The van der Waals surface area contributed by atoms with Crippen LogP contribution in [0.15, 0.2) is 23.1 Å². The molecule has 0 radical (unpaired) electrons. The number of rotatable bonds is 11. The standard InChI is InChI=1S/C20H34N4O5S/c1-21(2)11-8-12-22(15-16-29-3)19-10-9-18(17-20(19)24(25)26)30(27,28)23-13-6-4-5-7-14-23/h9-10,17H,4-8,11-16H2,1-3H3. The minimum Gasteiger partial charge on any atom is -0.383 e. The lowest BCUT2D eigenvalue weighted by Gasteiger charge is -2.26. The van der Waals surface area contributed by atoms with E-state index in [-0.39, 0.29) is 10.6 Å². The molecule has 0 aliphatic carbocycles. The Hall–Kier alpha value is -1.75. The molecule has 0 atom stereocenters. The summed E-state index contributed by atoms with van der Waals surface area (Å²) in [7, 11) is 1.79. The van der Waals surface area contributed by atoms with Crippen molar-refractivity contribution in [1.82, 2.24) is 9.21 Å². The van der Waals surface area contributed by atoms with Crippen LogP contribution in [0, 0.1) is 10.1 Å². The highest BCUT2D eigenvalue weighted by Gasteiger charge is 2.29. The molecule has 2 rings (SSSR count). The van der Waals surface area contributed by atoms with Gasteiger partial charge >= 0.3 is 0 Å². The van der Waals surface area contributed by atoms with E-state index in [4.69, 9.17) is 4.74 Å². The molecule has 0 saturated carbocycles. The number of hydrogen-bond acceptors (Lipinski definition) is 7. The molecule has 0 amide bonds. The molecular formula is C20H34N4O5S. The summed E-state index contributed by atoms with van der Waals surface area (Å²) in [6.07, 6.45) is 4.47. The monoisotopic (exact) mass is 442 g/mol. The average Bonchev–Trinajstić information content (AvgIpc) is 3.00. The van der Waals surface area contributed by atoms with Gasteiger partial charge in [-0.3, -0.25) is 10.1 Å². The molecule has 1 aromatic rings. The maximum atomic E-state index is 13.1. The third-order valence-electron chi connectivity index (χ3n) is 5.29. The smallest absolute Gasteiger partial charge is 0.293 e. The number of benzene rings is 1. The summed E-state index contributed by atoms with van der Waals surface area (Å²) < 4.78 is 32.8. The first-order valence-corrected chi connectivity index (χ1v) is 11.9. The van der Waals surface area contributed by atoms with Crippen LogP contribution < -0.4 is 4.90 Å². The number of methoxy groups -OCH3 is 1. The van der Waals surface area contributed by atoms with Crippen molar-refractivity contribution in [2.75, 3.05) is 65.4 Å². The summed E-state index contributed by atoms with van der Waals surface area (Å²) in [6, 6.07) is 4.27. The van der Waals surface area contributed by atoms with E-state index in [1.807, 2.05) is 19.0 Å². The number of anilines is 1. The van der Waals surface area contributed by atoms with Gasteiger partial charge in [-0.25, -0.2) is 8.42 Å². The molecule has 0 aromatic heterocycles. The molecule has 1 heterocycles. The van der Waals surface area contributed by atoms with Gasteiger partial charge in [-0.05, 0) is 52.0 Å². The SMILES string of the molecule is COCCN(CCCN(C)C)c1ccc(S(=O)(=O)N2CCCCCC2)cc1[N+](=O)[O-]. The van der Waals surface area contributed by atoms with Gasteiger partial charge in [-0.15, -0.1) is 0 Å². The summed E-state index contributed by atoms with van der Waals surface area (Å²) in [5.74, 6) is 0. The van der Waals surface area contributed by atoms with E-state index < -0.39 is 14.9 Å². The third-order valence-corrected chi connectivity index (χ3v) is 7.18. The number of nitro benzene ring substituents is 1. The molecule has 0 N–H and O–H groups in total.